The number of fused-ring (bicyclic) bond motifs is 15. The predicted octanol–water partition coefficient (Wildman–Crippen LogP) is 38.1. The standard InChI is InChI=1S/C48H39BrN2.C27H21Br2N.2C22H20.C6H3Br3/c1-47(2)39-23-13-11-21-37(39)45-41(47)25-15-27-43(45)50(33-17-7-5-8-18-33)35-29-32(49)30-36(31-35)51(34-19-9-6-10-20-34)44-28-16-26-42-46(44)38-22-12-14-24-40(38)48(42,3)4;1-27(2)23-12-7-6-11-22(23)26-24(27)13-8-14-25(26)30(20-9-4-3-5-10-20)21-16-18(28)15-19(29)17-21;2*1-22(2)19-13-7-6-12-18(19)21-17(11-8-14-20(21)22)15-16-9-4-3-5-10-16;7-4-1-5(8)3-6(9)2-4/h5-31H,1-4H3;3-17H,1-2H3;2*3-14H,15H2,1-2H3;1-3H. The fourth-order valence-electron chi connectivity index (χ4n) is 21.4. The van der Waals surface area contributed by atoms with E-state index >= 15 is 0 Å². The fourth-order valence-corrected chi connectivity index (χ4v) is 25.5. The maximum absolute atomic E-state index is 4.00. The van der Waals surface area contributed by atoms with Crippen LogP contribution in [0.3, 0.4) is 0 Å². The lowest BCUT2D eigenvalue weighted by Gasteiger charge is -2.32. The normalized spacial score (nSPS) is 13.9. The molecule has 660 valence electrons. The van der Waals surface area contributed by atoms with Crippen LogP contribution in [0, 0.1) is 0 Å². The van der Waals surface area contributed by atoms with Crippen molar-refractivity contribution in [1.29, 1.82) is 0 Å². The number of para-hydroxylation sites is 3. The van der Waals surface area contributed by atoms with E-state index in [1.54, 1.807) is 0 Å². The van der Waals surface area contributed by atoms with Crippen LogP contribution in [0.1, 0.15) is 147 Å². The van der Waals surface area contributed by atoms with Gasteiger partial charge in [0, 0.05) is 105 Å². The van der Waals surface area contributed by atoms with Crippen molar-refractivity contribution in [3.05, 3.63) is 523 Å². The summed E-state index contributed by atoms with van der Waals surface area (Å²) in [6.45, 7) is 23.4. The van der Waals surface area contributed by atoms with E-state index in [9.17, 15) is 0 Å². The molecular weight excluding hydrogens is 2020 g/mol. The molecule has 23 rings (SSSR count). The first-order chi connectivity index (χ1) is 64.7. The molecule has 0 fully saturated rings. The summed E-state index contributed by atoms with van der Waals surface area (Å²) in [5.74, 6) is 0. The Morgan fingerprint density at radius 3 is 0.634 bits per heavy atom. The number of anilines is 9. The van der Waals surface area contributed by atoms with Gasteiger partial charge in [-0.1, -0.05) is 474 Å². The highest BCUT2D eigenvalue weighted by Crippen LogP contribution is 2.60. The molecule has 0 aromatic heterocycles. The summed E-state index contributed by atoms with van der Waals surface area (Å²) in [6.07, 6.45) is 1.99. The largest absolute Gasteiger partial charge is 0.310 e. The Hall–Kier alpha value is -11.8. The fraction of sp³-hybridized carbons (Fsp3) is 0.136. The predicted molar refractivity (Wildman–Crippen MR) is 589 cm³/mol. The van der Waals surface area contributed by atoms with Crippen molar-refractivity contribution >= 4 is 147 Å². The first-order valence-electron chi connectivity index (χ1n) is 45.9. The van der Waals surface area contributed by atoms with E-state index in [2.05, 4.69) is 580 Å². The number of nitrogens with zero attached hydrogens (tertiary/aromatic N) is 3. The molecule has 18 aromatic rings. The minimum Gasteiger partial charge on any atom is -0.310 e. The summed E-state index contributed by atoms with van der Waals surface area (Å²) in [4.78, 5) is 7.22. The summed E-state index contributed by atoms with van der Waals surface area (Å²) in [5, 5.41) is 0. The molecule has 0 saturated heterocycles. The second-order valence-corrected chi connectivity index (χ2v) is 43.3. The lowest BCUT2D eigenvalue weighted by molar-refractivity contribution is 0.660. The van der Waals surface area contributed by atoms with Crippen LogP contribution >= 0.6 is 95.6 Å². The molecule has 0 aliphatic heterocycles. The lowest BCUT2D eigenvalue weighted by atomic mass is 9.82. The summed E-state index contributed by atoms with van der Waals surface area (Å²) in [6, 6.07) is 151. The van der Waals surface area contributed by atoms with E-state index in [-0.39, 0.29) is 27.1 Å². The topological polar surface area (TPSA) is 9.72 Å². The van der Waals surface area contributed by atoms with Crippen LogP contribution in [-0.2, 0) is 39.9 Å². The van der Waals surface area contributed by atoms with Gasteiger partial charge in [0.05, 0.1) is 17.1 Å². The molecule has 0 N–H and O–H groups in total. The van der Waals surface area contributed by atoms with Crippen molar-refractivity contribution < 1.29 is 0 Å². The van der Waals surface area contributed by atoms with E-state index in [4.69, 9.17) is 0 Å². The van der Waals surface area contributed by atoms with E-state index in [0.29, 0.717) is 0 Å². The van der Waals surface area contributed by atoms with E-state index in [0.717, 1.165) is 73.8 Å². The molecular formula is C125H103Br6N3. The zero-order chi connectivity index (χ0) is 93.0. The molecule has 0 radical (unpaired) electrons. The zero-order valence-electron chi connectivity index (χ0n) is 76.9. The summed E-state index contributed by atoms with van der Waals surface area (Å²) in [7, 11) is 0. The van der Waals surface area contributed by atoms with Gasteiger partial charge < -0.3 is 14.7 Å². The van der Waals surface area contributed by atoms with E-state index < -0.39 is 0 Å². The van der Waals surface area contributed by atoms with Gasteiger partial charge in [-0.25, -0.2) is 0 Å². The highest BCUT2D eigenvalue weighted by molar-refractivity contribution is 9.12. The minimum absolute atomic E-state index is 0.0256. The van der Waals surface area contributed by atoms with Crippen LogP contribution in [0.5, 0.6) is 0 Å². The Labute approximate surface area is 841 Å². The SMILES string of the molecule is Brc1cc(Br)cc(Br)c1.CC1(C)c2ccccc2-c2c(Cc3ccccc3)cccc21.CC1(C)c2ccccc2-c2c(Cc3ccccc3)cccc21.CC1(C)c2ccccc2-c2c(N(c3ccccc3)c3cc(Br)cc(Br)c3)cccc21.CC1(C)c2ccccc2-c2c(N(c3ccccc3)c3cc(Br)cc(N(c4ccccc4)c4cccc5c4-c4ccccc4C5(C)C)c3)cccc21. The van der Waals surface area contributed by atoms with Crippen LogP contribution in [0.4, 0.5) is 51.2 Å². The van der Waals surface area contributed by atoms with Crippen molar-refractivity contribution in [2.75, 3.05) is 14.7 Å². The number of benzene rings is 18. The van der Waals surface area contributed by atoms with Crippen LogP contribution < -0.4 is 14.7 Å². The zero-order valence-corrected chi connectivity index (χ0v) is 86.4. The van der Waals surface area contributed by atoms with Crippen LogP contribution in [-0.4, -0.2) is 0 Å². The second-order valence-electron chi connectivity index (χ2n) is 37.9. The maximum Gasteiger partial charge on any atom is 0.0543 e. The second kappa shape index (κ2) is 37.8. The van der Waals surface area contributed by atoms with Gasteiger partial charge in [-0.05, 0) is 239 Å². The molecule has 0 atom stereocenters. The Bertz CT molecular complexity index is 7040. The van der Waals surface area contributed by atoms with Crippen molar-refractivity contribution in [2.24, 2.45) is 0 Å². The van der Waals surface area contributed by atoms with E-state index in [1.807, 2.05) is 18.2 Å². The molecule has 0 unspecified atom stereocenters. The lowest BCUT2D eigenvalue weighted by Crippen LogP contribution is -2.17. The summed E-state index contributed by atoms with van der Waals surface area (Å²) >= 11 is 21.4. The van der Waals surface area contributed by atoms with Crippen molar-refractivity contribution in [2.45, 2.75) is 109 Å². The average Bonchev–Trinajstić information content (AvgIpc) is 1.58. The van der Waals surface area contributed by atoms with Gasteiger partial charge in [0.15, 0.2) is 0 Å². The molecule has 0 amide bonds. The third-order valence-electron chi connectivity index (χ3n) is 27.7. The Balaban J connectivity index is 0.000000118. The smallest absolute Gasteiger partial charge is 0.0543 e. The average molecular weight is 2130 g/mol. The van der Waals surface area contributed by atoms with Gasteiger partial charge in [-0.2, -0.15) is 0 Å². The molecule has 9 heteroatoms. The Kier molecular flexibility index (Phi) is 25.8. The van der Waals surface area contributed by atoms with Gasteiger partial charge in [-0.3, -0.25) is 0 Å². The van der Waals surface area contributed by atoms with Gasteiger partial charge in [0.2, 0.25) is 0 Å². The monoisotopic (exact) mass is 2120 g/mol. The van der Waals surface area contributed by atoms with Crippen molar-refractivity contribution in [3.63, 3.8) is 0 Å². The van der Waals surface area contributed by atoms with Crippen LogP contribution in [0.2, 0.25) is 0 Å². The molecule has 18 aromatic carbocycles. The van der Waals surface area contributed by atoms with Crippen LogP contribution in [0.25, 0.3) is 55.6 Å². The molecule has 0 bridgehead atoms. The summed E-state index contributed by atoms with van der Waals surface area (Å²) in [5.41, 5.74) is 43.3. The Morgan fingerprint density at radius 2 is 0.366 bits per heavy atom. The molecule has 134 heavy (non-hydrogen) atoms. The number of rotatable bonds is 13. The molecule has 0 heterocycles. The third-order valence-corrected chi connectivity index (χ3v) is 30.4. The quantitative estimate of drug-likeness (QED) is 0.114. The number of hydrogen-bond acceptors (Lipinski definition) is 3. The highest BCUT2D eigenvalue weighted by Gasteiger charge is 2.43. The molecule has 5 aliphatic carbocycles. The van der Waals surface area contributed by atoms with E-state index in [1.165, 1.54) is 151 Å². The van der Waals surface area contributed by atoms with Crippen molar-refractivity contribution in [1.82, 2.24) is 0 Å². The Morgan fingerprint density at radius 1 is 0.172 bits per heavy atom. The number of hydrogen-bond donors (Lipinski definition) is 0. The van der Waals surface area contributed by atoms with Gasteiger partial charge in [0.1, 0.15) is 0 Å². The van der Waals surface area contributed by atoms with Crippen molar-refractivity contribution in [3.8, 4) is 55.6 Å². The molecule has 0 saturated carbocycles. The number of halogens is 6. The summed E-state index contributed by atoms with van der Waals surface area (Å²) < 4.78 is 6.32. The third kappa shape index (κ3) is 17.4. The first-order valence-corrected chi connectivity index (χ1v) is 50.7. The molecule has 0 spiro atoms. The first kappa shape index (κ1) is 91.4. The van der Waals surface area contributed by atoms with Gasteiger partial charge in [0.25, 0.3) is 0 Å². The highest BCUT2D eigenvalue weighted by atomic mass is 79.9. The minimum atomic E-state index is -0.103. The maximum atomic E-state index is 4.00. The van der Waals surface area contributed by atoms with Gasteiger partial charge in [-0.15, -0.1) is 0 Å². The molecule has 3 nitrogen and oxygen atoms in total. The van der Waals surface area contributed by atoms with Gasteiger partial charge >= 0.3 is 0 Å². The van der Waals surface area contributed by atoms with Crippen LogP contribution in [0.15, 0.2) is 445 Å². The molecule has 5 aliphatic rings.